The Morgan fingerprint density at radius 3 is 2.87 bits per heavy atom. The molecule has 84 valence electrons. The fraction of sp³-hybridized carbons (Fsp3) is 0.750. The number of piperidine rings is 1. The maximum atomic E-state index is 4.07. The van der Waals surface area contributed by atoms with Crippen molar-refractivity contribution in [2.45, 2.75) is 32.6 Å². The fourth-order valence-electron chi connectivity index (χ4n) is 2.44. The first kappa shape index (κ1) is 10.7. The minimum Gasteiger partial charge on any atom is -0.348 e. The number of imidazole rings is 1. The minimum absolute atomic E-state index is 0.860. The molecule has 0 amide bonds. The molecule has 0 radical (unpaired) electrons. The van der Waals surface area contributed by atoms with Crippen molar-refractivity contribution in [2.24, 2.45) is 5.92 Å². The van der Waals surface area contributed by atoms with E-state index in [1.54, 1.807) is 6.33 Å². The van der Waals surface area contributed by atoms with E-state index >= 15 is 0 Å². The van der Waals surface area contributed by atoms with Gasteiger partial charge in [0.05, 0.1) is 6.33 Å². The van der Waals surface area contributed by atoms with Crippen LogP contribution < -0.4 is 0 Å². The van der Waals surface area contributed by atoms with Crippen LogP contribution in [0.1, 0.15) is 31.9 Å². The summed E-state index contributed by atoms with van der Waals surface area (Å²) in [5.41, 5.74) is 1.30. The molecule has 0 aromatic carbocycles. The summed E-state index contributed by atoms with van der Waals surface area (Å²) in [6, 6.07) is 0. The lowest BCUT2D eigenvalue weighted by molar-refractivity contribution is 0.184. The van der Waals surface area contributed by atoms with Gasteiger partial charge in [0.15, 0.2) is 0 Å². The van der Waals surface area contributed by atoms with Gasteiger partial charge in [0.1, 0.15) is 0 Å². The Balaban J connectivity index is 1.74. The van der Waals surface area contributed by atoms with Gasteiger partial charge in [0, 0.05) is 11.9 Å². The first-order valence-electron chi connectivity index (χ1n) is 6.08. The van der Waals surface area contributed by atoms with Crippen LogP contribution in [-0.4, -0.2) is 34.5 Å². The van der Waals surface area contributed by atoms with Crippen LogP contribution in [-0.2, 0) is 6.42 Å². The molecule has 1 aliphatic heterocycles. The van der Waals surface area contributed by atoms with Gasteiger partial charge in [-0.1, -0.05) is 6.92 Å². The van der Waals surface area contributed by atoms with Crippen LogP contribution in [0.4, 0.5) is 0 Å². The molecule has 3 heteroatoms. The highest BCUT2D eigenvalue weighted by atomic mass is 15.1. The van der Waals surface area contributed by atoms with Gasteiger partial charge >= 0.3 is 0 Å². The Morgan fingerprint density at radius 2 is 2.27 bits per heavy atom. The summed E-state index contributed by atoms with van der Waals surface area (Å²) in [5.74, 6) is 0.860. The first-order valence-corrected chi connectivity index (χ1v) is 6.08. The number of hydrogen-bond donors (Lipinski definition) is 1. The molecule has 1 aromatic rings. The third-order valence-corrected chi connectivity index (χ3v) is 3.31. The summed E-state index contributed by atoms with van der Waals surface area (Å²) < 4.78 is 0. The highest BCUT2D eigenvalue weighted by Crippen LogP contribution is 2.20. The Labute approximate surface area is 91.9 Å². The molecule has 1 aromatic heterocycles. The lowest BCUT2D eigenvalue weighted by Crippen LogP contribution is -2.34. The van der Waals surface area contributed by atoms with Crippen LogP contribution in [0.5, 0.6) is 0 Å². The van der Waals surface area contributed by atoms with Gasteiger partial charge in [-0.15, -0.1) is 0 Å². The SMILES string of the molecule is CCCN1CCC(Cc2cnc[nH]2)CC1. The topological polar surface area (TPSA) is 31.9 Å². The Morgan fingerprint density at radius 1 is 1.47 bits per heavy atom. The number of rotatable bonds is 4. The Hall–Kier alpha value is -0.830. The van der Waals surface area contributed by atoms with E-state index in [9.17, 15) is 0 Å². The summed E-state index contributed by atoms with van der Waals surface area (Å²) in [6.07, 6.45) is 8.89. The second-order valence-electron chi connectivity index (χ2n) is 4.57. The van der Waals surface area contributed by atoms with Crippen LogP contribution in [0.2, 0.25) is 0 Å². The van der Waals surface area contributed by atoms with Crippen molar-refractivity contribution in [3.8, 4) is 0 Å². The molecule has 0 unspecified atom stereocenters. The molecule has 0 atom stereocenters. The highest BCUT2D eigenvalue weighted by molar-refractivity contribution is 4.96. The number of aromatic nitrogens is 2. The predicted octanol–water partition coefficient (Wildman–Crippen LogP) is 2.07. The molecule has 1 N–H and O–H groups in total. The van der Waals surface area contributed by atoms with Gasteiger partial charge in [-0.25, -0.2) is 4.98 Å². The molecule has 3 nitrogen and oxygen atoms in total. The number of nitrogens with one attached hydrogen (secondary N) is 1. The van der Waals surface area contributed by atoms with Crippen LogP contribution in [0.15, 0.2) is 12.5 Å². The minimum atomic E-state index is 0.860. The molecule has 1 saturated heterocycles. The molecule has 1 fully saturated rings. The van der Waals surface area contributed by atoms with Crippen molar-refractivity contribution < 1.29 is 0 Å². The lowest BCUT2D eigenvalue weighted by Gasteiger charge is -2.31. The molecule has 2 heterocycles. The molecule has 2 rings (SSSR count). The van der Waals surface area contributed by atoms with Gasteiger partial charge in [-0.2, -0.15) is 0 Å². The van der Waals surface area contributed by atoms with Crippen molar-refractivity contribution >= 4 is 0 Å². The van der Waals surface area contributed by atoms with E-state index in [0.717, 1.165) is 5.92 Å². The quantitative estimate of drug-likeness (QED) is 0.819. The van der Waals surface area contributed by atoms with Crippen molar-refractivity contribution in [3.63, 3.8) is 0 Å². The lowest BCUT2D eigenvalue weighted by atomic mass is 9.92. The van der Waals surface area contributed by atoms with E-state index in [0.29, 0.717) is 0 Å². The monoisotopic (exact) mass is 207 g/mol. The van der Waals surface area contributed by atoms with Crippen LogP contribution >= 0.6 is 0 Å². The van der Waals surface area contributed by atoms with Crippen molar-refractivity contribution in [2.75, 3.05) is 19.6 Å². The molecule has 0 spiro atoms. The van der Waals surface area contributed by atoms with E-state index in [-0.39, 0.29) is 0 Å². The first-order chi connectivity index (χ1) is 7.38. The fourth-order valence-corrected chi connectivity index (χ4v) is 2.44. The summed E-state index contributed by atoms with van der Waals surface area (Å²) in [5, 5.41) is 0. The van der Waals surface area contributed by atoms with Crippen LogP contribution in [0, 0.1) is 5.92 Å². The molecule has 0 bridgehead atoms. The van der Waals surface area contributed by atoms with Gasteiger partial charge in [0.2, 0.25) is 0 Å². The zero-order valence-electron chi connectivity index (χ0n) is 9.58. The Kier molecular flexibility index (Phi) is 3.78. The number of nitrogens with zero attached hydrogens (tertiary/aromatic N) is 2. The highest BCUT2D eigenvalue weighted by Gasteiger charge is 2.18. The average Bonchev–Trinajstić information content (AvgIpc) is 2.74. The largest absolute Gasteiger partial charge is 0.348 e. The molecular weight excluding hydrogens is 186 g/mol. The number of H-pyrrole nitrogens is 1. The summed E-state index contributed by atoms with van der Waals surface area (Å²) in [6.45, 7) is 6.10. The van der Waals surface area contributed by atoms with E-state index < -0.39 is 0 Å². The summed E-state index contributed by atoms with van der Waals surface area (Å²) in [7, 11) is 0. The van der Waals surface area contributed by atoms with E-state index in [2.05, 4.69) is 21.8 Å². The zero-order valence-corrected chi connectivity index (χ0v) is 9.58. The van der Waals surface area contributed by atoms with Crippen molar-refractivity contribution in [1.29, 1.82) is 0 Å². The van der Waals surface area contributed by atoms with Crippen LogP contribution in [0.25, 0.3) is 0 Å². The molecule has 0 aliphatic carbocycles. The summed E-state index contributed by atoms with van der Waals surface area (Å²) >= 11 is 0. The van der Waals surface area contributed by atoms with Gasteiger partial charge in [-0.3, -0.25) is 0 Å². The maximum absolute atomic E-state index is 4.07. The second kappa shape index (κ2) is 5.31. The van der Waals surface area contributed by atoms with Gasteiger partial charge < -0.3 is 9.88 Å². The summed E-state index contributed by atoms with van der Waals surface area (Å²) in [4.78, 5) is 9.85. The van der Waals surface area contributed by atoms with Crippen LogP contribution in [0.3, 0.4) is 0 Å². The van der Waals surface area contributed by atoms with E-state index in [1.165, 1.54) is 51.0 Å². The van der Waals surface area contributed by atoms with Crippen molar-refractivity contribution in [3.05, 3.63) is 18.2 Å². The number of hydrogen-bond acceptors (Lipinski definition) is 2. The number of likely N-dealkylation sites (tertiary alicyclic amines) is 1. The standard InChI is InChI=1S/C12H21N3/c1-2-5-15-6-3-11(4-7-15)8-12-9-13-10-14-12/h9-11H,2-8H2,1H3,(H,13,14). The van der Waals surface area contributed by atoms with E-state index in [1.807, 2.05) is 6.20 Å². The normalized spacial score (nSPS) is 19.5. The van der Waals surface area contributed by atoms with Gasteiger partial charge in [-0.05, 0) is 51.2 Å². The van der Waals surface area contributed by atoms with Gasteiger partial charge in [0.25, 0.3) is 0 Å². The molecule has 0 saturated carbocycles. The third kappa shape index (κ3) is 3.06. The molecule has 1 aliphatic rings. The second-order valence-corrected chi connectivity index (χ2v) is 4.57. The smallest absolute Gasteiger partial charge is 0.0921 e. The van der Waals surface area contributed by atoms with Crippen molar-refractivity contribution in [1.82, 2.24) is 14.9 Å². The van der Waals surface area contributed by atoms with E-state index in [4.69, 9.17) is 0 Å². The number of aromatic amines is 1. The Bertz CT molecular complexity index is 260. The molecule has 15 heavy (non-hydrogen) atoms. The zero-order chi connectivity index (χ0) is 10.5. The molecular formula is C12H21N3. The third-order valence-electron chi connectivity index (χ3n) is 3.31. The maximum Gasteiger partial charge on any atom is 0.0921 e. The average molecular weight is 207 g/mol. The predicted molar refractivity (Wildman–Crippen MR) is 61.7 cm³/mol.